The van der Waals surface area contributed by atoms with Crippen LogP contribution in [0.2, 0.25) is 0 Å². The summed E-state index contributed by atoms with van der Waals surface area (Å²) < 4.78 is 0. The van der Waals surface area contributed by atoms with Crippen molar-refractivity contribution in [2.24, 2.45) is 5.11 Å². The van der Waals surface area contributed by atoms with Gasteiger partial charge in [0.25, 0.3) is 0 Å². The molecule has 1 fully saturated rings. The molecule has 2 aromatic carbocycles. The zero-order valence-electron chi connectivity index (χ0n) is 10.6. The molecule has 3 rings (SSSR count). The van der Waals surface area contributed by atoms with Crippen LogP contribution in [0.1, 0.15) is 11.6 Å². The van der Waals surface area contributed by atoms with Gasteiger partial charge >= 0.3 is 0 Å². The van der Waals surface area contributed by atoms with Gasteiger partial charge in [0.15, 0.2) is 0 Å². The number of nitrogens with zero attached hydrogens (tertiary/aromatic N) is 4. The first kappa shape index (κ1) is 12.3. The lowest BCUT2D eigenvalue weighted by molar-refractivity contribution is -0.126. The minimum absolute atomic E-state index is 0.164. The molecule has 5 heteroatoms. The van der Waals surface area contributed by atoms with Gasteiger partial charge < -0.3 is 4.90 Å². The van der Waals surface area contributed by atoms with Gasteiger partial charge in [0.2, 0.25) is 5.91 Å². The zero-order chi connectivity index (χ0) is 13.9. The van der Waals surface area contributed by atoms with Gasteiger partial charge in [0, 0.05) is 10.6 Å². The van der Waals surface area contributed by atoms with Crippen LogP contribution in [-0.2, 0) is 4.79 Å². The fourth-order valence-corrected chi connectivity index (χ4v) is 2.50. The smallest absolute Gasteiger partial charge is 0.239 e. The highest BCUT2D eigenvalue weighted by Gasteiger charge is 2.48. The summed E-state index contributed by atoms with van der Waals surface area (Å²) in [5, 5.41) is 3.63. The van der Waals surface area contributed by atoms with E-state index in [1.54, 1.807) is 4.90 Å². The first-order chi connectivity index (χ1) is 9.83. The van der Waals surface area contributed by atoms with E-state index in [9.17, 15) is 4.79 Å². The summed E-state index contributed by atoms with van der Waals surface area (Å²) in [6.45, 7) is 0. The van der Waals surface area contributed by atoms with Crippen LogP contribution in [-0.4, -0.2) is 11.9 Å². The van der Waals surface area contributed by atoms with Crippen LogP contribution < -0.4 is 4.90 Å². The van der Waals surface area contributed by atoms with Gasteiger partial charge in [-0.15, -0.1) is 0 Å². The van der Waals surface area contributed by atoms with Gasteiger partial charge in [-0.2, -0.15) is 0 Å². The van der Waals surface area contributed by atoms with Gasteiger partial charge in [0.05, 0.1) is 6.04 Å². The number of carbonyl (C=O) groups is 1. The van der Waals surface area contributed by atoms with Crippen molar-refractivity contribution in [3.8, 4) is 0 Å². The molecule has 2 aromatic rings. The molecule has 0 aliphatic carbocycles. The summed E-state index contributed by atoms with van der Waals surface area (Å²) in [6, 6.07) is 18.1. The Morgan fingerprint density at radius 2 is 1.60 bits per heavy atom. The van der Waals surface area contributed by atoms with Crippen LogP contribution >= 0.6 is 0 Å². The van der Waals surface area contributed by atoms with Gasteiger partial charge in [-0.25, -0.2) is 0 Å². The lowest BCUT2D eigenvalue weighted by Crippen LogP contribution is -2.58. The van der Waals surface area contributed by atoms with Crippen molar-refractivity contribution >= 4 is 11.6 Å². The molecule has 20 heavy (non-hydrogen) atoms. The summed E-state index contributed by atoms with van der Waals surface area (Å²) in [5.74, 6) is -0.164. The van der Waals surface area contributed by atoms with Crippen molar-refractivity contribution in [1.82, 2.24) is 0 Å². The number of para-hydroxylation sites is 1. The maximum Gasteiger partial charge on any atom is 0.239 e. The molecular formula is C15H12N4O. The molecule has 0 spiro atoms. The number of benzene rings is 2. The number of carbonyl (C=O) groups excluding carboxylic acids is 1. The van der Waals surface area contributed by atoms with E-state index < -0.39 is 6.04 Å². The van der Waals surface area contributed by atoms with Gasteiger partial charge in [-0.3, -0.25) is 4.79 Å². The predicted octanol–water partition coefficient (Wildman–Crippen LogP) is 3.45. The average molecular weight is 264 g/mol. The Morgan fingerprint density at radius 1 is 1.00 bits per heavy atom. The Labute approximate surface area is 116 Å². The van der Waals surface area contributed by atoms with Crippen LogP contribution in [0.25, 0.3) is 10.4 Å². The van der Waals surface area contributed by atoms with Crippen molar-refractivity contribution in [3.63, 3.8) is 0 Å². The first-order valence-electron chi connectivity index (χ1n) is 6.30. The van der Waals surface area contributed by atoms with Crippen LogP contribution in [0, 0.1) is 0 Å². The molecule has 0 aromatic heterocycles. The molecule has 2 atom stereocenters. The molecule has 0 N–H and O–H groups in total. The number of β-lactam (4-membered cyclic amide) rings is 1. The Morgan fingerprint density at radius 3 is 2.20 bits per heavy atom. The summed E-state index contributed by atoms with van der Waals surface area (Å²) in [6.07, 6.45) is 0. The van der Waals surface area contributed by atoms with E-state index in [0.717, 1.165) is 11.3 Å². The molecule has 1 aliphatic rings. The van der Waals surface area contributed by atoms with E-state index in [0.29, 0.717) is 0 Å². The number of rotatable bonds is 3. The molecule has 0 saturated carbocycles. The van der Waals surface area contributed by atoms with Gasteiger partial charge in [0.1, 0.15) is 6.04 Å². The Bertz CT molecular complexity index is 665. The highest BCUT2D eigenvalue weighted by Crippen LogP contribution is 2.40. The van der Waals surface area contributed by atoms with Crippen molar-refractivity contribution in [1.29, 1.82) is 0 Å². The normalized spacial score (nSPS) is 21.0. The number of hydrogen-bond donors (Lipinski definition) is 0. The van der Waals surface area contributed by atoms with E-state index in [1.807, 2.05) is 60.7 Å². The number of azide groups is 1. The number of hydrogen-bond acceptors (Lipinski definition) is 2. The highest BCUT2D eigenvalue weighted by atomic mass is 16.2. The third-order valence-corrected chi connectivity index (χ3v) is 3.42. The molecular weight excluding hydrogens is 252 g/mol. The fraction of sp³-hybridized carbons (Fsp3) is 0.133. The fourth-order valence-electron chi connectivity index (χ4n) is 2.50. The number of amides is 1. The largest absolute Gasteiger partial charge is 0.304 e. The maximum absolute atomic E-state index is 12.2. The van der Waals surface area contributed by atoms with Gasteiger partial charge in [-0.05, 0) is 23.2 Å². The second-order valence-electron chi connectivity index (χ2n) is 4.55. The summed E-state index contributed by atoms with van der Waals surface area (Å²) in [4.78, 5) is 16.7. The molecule has 1 heterocycles. The van der Waals surface area contributed by atoms with Crippen LogP contribution in [0.5, 0.6) is 0 Å². The highest BCUT2D eigenvalue weighted by molar-refractivity contribution is 6.05. The minimum atomic E-state index is -0.664. The third kappa shape index (κ3) is 1.90. The molecule has 0 bridgehead atoms. The average Bonchev–Trinajstić information content (AvgIpc) is 2.51. The van der Waals surface area contributed by atoms with E-state index >= 15 is 0 Å². The summed E-state index contributed by atoms with van der Waals surface area (Å²) >= 11 is 0. The lowest BCUT2D eigenvalue weighted by atomic mass is 9.88. The zero-order valence-corrected chi connectivity index (χ0v) is 10.6. The molecule has 98 valence electrons. The van der Waals surface area contributed by atoms with E-state index in [2.05, 4.69) is 10.0 Å². The molecule has 5 nitrogen and oxygen atoms in total. The number of anilines is 1. The predicted molar refractivity (Wildman–Crippen MR) is 76.0 cm³/mol. The topological polar surface area (TPSA) is 69.1 Å². The molecule has 2 unspecified atom stereocenters. The maximum atomic E-state index is 12.2. The Kier molecular flexibility index (Phi) is 3.11. The van der Waals surface area contributed by atoms with Gasteiger partial charge in [-0.1, -0.05) is 53.6 Å². The van der Waals surface area contributed by atoms with Crippen molar-refractivity contribution in [2.75, 3.05) is 4.90 Å². The summed E-state index contributed by atoms with van der Waals surface area (Å²) in [5.41, 5.74) is 10.4. The van der Waals surface area contributed by atoms with E-state index in [-0.39, 0.29) is 11.9 Å². The Hall–Kier alpha value is -2.78. The molecule has 1 amide bonds. The van der Waals surface area contributed by atoms with Crippen LogP contribution in [0.3, 0.4) is 0 Å². The minimum Gasteiger partial charge on any atom is -0.304 e. The third-order valence-electron chi connectivity index (χ3n) is 3.42. The van der Waals surface area contributed by atoms with Crippen LogP contribution in [0.4, 0.5) is 5.69 Å². The summed E-state index contributed by atoms with van der Waals surface area (Å²) in [7, 11) is 0. The second kappa shape index (κ2) is 5.07. The quantitative estimate of drug-likeness (QED) is 0.362. The second-order valence-corrected chi connectivity index (χ2v) is 4.55. The van der Waals surface area contributed by atoms with E-state index in [1.165, 1.54) is 0 Å². The van der Waals surface area contributed by atoms with Crippen molar-refractivity contribution in [3.05, 3.63) is 76.7 Å². The van der Waals surface area contributed by atoms with Crippen molar-refractivity contribution in [2.45, 2.75) is 12.1 Å². The molecule has 1 aliphatic heterocycles. The SMILES string of the molecule is [N-]=[N+]=NC1C(=O)N(c2ccccc2)C1c1ccccc1. The molecule has 1 saturated heterocycles. The lowest BCUT2D eigenvalue weighted by Gasteiger charge is -2.45. The van der Waals surface area contributed by atoms with Crippen LogP contribution in [0.15, 0.2) is 65.8 Å². The monoisotopic (exact) mass is 264 g/mol. The standard InChI is InChI=1S/C15H12N4O/c16-18-17-13-14(11-7-3-1-4-8-11)19(15(13)20)12-9-5-2-6-10-12/h1-10,13-14H. The van der Waals surface area contributed by atoms with Crippen molar-refractivity contribution < 1.29 is 4.79 Å². The first-order valence-corrected chi connectivity index (χ1v) is 6.30. The Balaban J connectivity index is 2.01. The molecule has 0 radical (unpaired) electrons. The van der Waals surface area contributed by atoms with E-state index in [4.69, 9.17) is 5.53 Å².